The van der Waals surface area contributed by atoms with Gasteiger partial charge in [-0.1, -0.05) is 59.8 Å². The van der Waals surface area contributed by atoms with Crippen molar-refractivity contribution in [3.63, 3.8) is 0 Å². The molecule has 7 heteroatoms. The highest BCUT2D eigenvalue weighted by Crippen LogP contribution is 2.32. The lowest BCUT2D eigenvalue weighted by Crippen LogP contribution is -2.15. The molecular formula is C24H21BrClN3OS. The second-order valence-electron chi connectivity index (χ2n) is 7.30. The summed E-state index contributed by atoms with van der Waals surface area (Å²) < 4.78 is 3.02. The lowest BCUT2D eigenvalue weighted by atomic mass is 10.1. The van der Waals surface area contributed by atoms with Crippen molar-refractivity contribution in [2.24, 2.45) is 0 Å². The molecule has 1 heterocycles. The van der Waals surface area contributed by atoms with E-state index < -0.39 is 0 Å². The number of fused-ring (bicyclic) bond motifs is 1. The van der Waals surface area contributed by atoms with E-state index in [-0.39, 0.29) is 17.7 Å². The van der Waals surface area contributed by atoms with Gasteiger partial charge in [0, 0.05) is 9.50 Å². The Bertz CT molecular complexity index is 1240. The first-order chi connectivity index (χ1) is 14.9. The fourth-order valence-corrected chi connectivity index (χ4v) is 5.09. The zero-order valence-electron chi connectivity index (χ0n) is 17.1. The Hall–Kier alpha value is -2.28. The Balaban J connectivity index is 1.60. The molecular weight excluding hydrogens is 494 g/mol. The van der Waals surface area contributed by atoms with Crippen LogP contribution >= 0.6 is 39.3 Å². The smallest absolute Gasteiger partial charge is 0.234 e. The highest BCUT2D eigenvalue weighted by atomic mass is 79.9. The zero-order chi connectivity index (χ0) is 22.0. The van der Waals surface area contributed by atoms with Gasteiger partial charge in [0.25, 0.3) is 0 Å². The highest BCUT2D eigenvalue weighted by Gasteiger charge is 2.19. The molecule has 1 N–H and O–H groups in total. The number of benzene rings is 3. The van der Waals surface area contributed by atoms with Gasteiger partial charge in [0.1, 0.15) is 0 Å². The quantitative estimate of drug-likeness (QED) is 0.279. The van der Waals surface area contributed by atoms with Crippen LogP contribution in [-0.2, 0) is 4.79 Å². The summed E-state index contributed by atoms with van der Waals surface area (Å²) in [6.07, 6.45) is 0. The number of imidazole rings is 1. The largest absolute Gasteiger partial charge is 0.324 e. The predicted molar refractivity (Wildman–Crippen MR) is 133 cm³/mol. The molecule has 1 amide bonds. The van der Waals surface area contributed by atoms with Crippen molar-refractivity contribution in [3.05, 3.63) is 87.4 Å². The van der Waals surface area contributed by atoms with Gasteiger partial charge in [0.05, 0.1) is 28.5 Å². The molecule has 0 saturated carbocycles. The van der Waals surface area contributed by atoms with Crippen molar-refractivity contribution >= 4 is 61.9 Å². The van der Waals surface area contributed by atoms with E-state index in [1.807, 2.05) is 61.5 Å². The number of aromatic nitrogens is 2. The summed E-state index contributed by atoms with van der Waals surface area (Å²) in [6, 6.07) is 21.8. The number of thioether (sulfide) groups is 1. The third kappa shape index (κ3) is 4.97. The summed E-state index contributed by atoms with van der Waals surface area (Å²) in [7, 11) is 0. The standard InChI is InChI=1S/C24H21BrClN3OS/c1-15-8-10-20(19(25)12-15)27-23(30)14-31-24-28-21-11-9-18(26)13-22(21)29(24)16(2)17-6-4-3-5-7-17/h3-13,16H,14H2,1-2H3,(H,27,30)/t16-/m0/s1. The van der Waals surface area contributed by atoms with Crippen LogP contribution in [0.4, 0.5) is 5.69 Å². The van der Waals surface area contributed by atoms with Gasteiger partial charge in [-0.25, -0.2) is 4.98 Å². The third-order valence-corrected chi connectivity index (χ3v) is 6.86. The van der Waals surface area contributed by atoms with Crippen LogP contribution < -0.4 is 5.32 Å². The molecule has 31 heavy (non-hydrogen) atoms. The number of rotatable bonds is 6. The van der Waals surface area contributed by atoms with Crippen molar-refractivity contribution < 1.29 is 4.79 Å². The molecule has 4 rings (SSSR count). The van der Waals surface area contributed by atoms with E-state index in [4.69, 9.17) is 16.6 Å². The fraction of sp³-hybridized carbons (Fsp3) is 0.167. The van der Waals surface area contributed by atoms with Crippen LogP contribution in [0.5, 0.6) is 0 Å². The maximum atomic E-state index is 12.6. The molecule has 0 aliphatic carbocycles. The number of nitrogens with one attached hydrogen (secondary N) is 1. The average Bonchev–Trinajstić information content (AvgIpc) is 3.12. The van der Waals surface area contributed by atoms with E-state index in [1.54, 1.807) is 0 Å². The van der Waals surface area contributed by atoms with Crippen molar-refractivity contribution in [2.45, 2.75) is 25.0 Å². The van der Waals surface area contributed by atoms with E-state index in [0.29, 0.717) is 5.02 Å². The number of amides is 1. The summed E-state index contributed by atoms with van der Waals surface area (Å²) in [6.45, 7) is 4.14. The maximum Gasteiger partial charge on any atom is 0.234 e. The van der Waals surface area contributed by atoms with Crippen LogP contribution in [0.1, 0.15) is 24.1 Å². The van der Waals surface area contributed by atoms with E-state index in [9.17, 15) is 4.79 Å². The zero-order valence-corrected chi connectivity index (χ0v) is 20.3. The van der Waals surface area contributed by atoms with Gasteiger partial charge < -0.3 is 9.88 Å². The van der Waals surface area contributed by atoms with Gasteiger partial charge >= 0.3 is 0 Å². The van der Waals surface area contributed by atoms with Crippen molar-refractivity contribution in [1.82, 2.24) is 9.55 Å². The lowest BCUT2D eigenvalue weighted by molar-refractivity contribution is -0.113. The SMILES string of the molecule is Cc1ccc(NC(=O)CSc2nc3ccc(Cl)cc3n2[C@@H](C)c2ccccc2)c(Br)c1. The number of carbonyl (C=O) groups is 1. The second-order valence-corrected chi connectivity index (χ2v) is 9.54. The van der Waals surface area contributed by atoms with Gasteiger partial charge in [0.15, 0.2) is 5.16 Å². The van der Waals surface area contributed by atoms with Crippen LogP contribution in [0.15, 0.2) is 76.4 Å². The monoisotopic (exact) mass is 513 g/mol. The Labute approximate surface area is 199 Å². The average molecular weight is 515 g/mol. The van der Waals surface area contributed by atoms with E-state index in [1.165, 1.54) is 11.8 Å². The molecule has 4 aromatic rings. The molecule has 0 unspecified atom stereocenters. The minimum atomic E-state index is -0.0847. The molecule has 0 aliphatic heterocycles. The summed E-state index contributed by atoms with van der Waals surface area (Å²) in [4.78, 5) is 17.4. The normalized spacial score (nSPS) is 12.1. The predicted octanol–water partition coefficient (Wildman–Crippen LogP) is 7.10. The number of hydrogen-bond donors (Lipinski definition) is 1. The number of nitrogens with zero attached hydrogens (tertiary/aromatic N) is 2. The minimum absolute atomic E-state index is 0.0430. The summed E-state index contributed by atoms with van der Waals surface area (Å²) in [5, 5.41) is 4.41. The lowest BCUT2D eigenvalue weighted by Gasteiger charge is -2.18. The number of halogens is 2. The highest BCUT2D eigenvalue weighted by molar-refractivity contribution is 9.10. The van der Waals surface area contributed by atoms with Gasteiger partial charge in [-0.05, 0) is 71.2 Å². The molecule has 3 aromatic carbocycles. The Morgan fingerprint density at radius 2 is 1.94 bits per heavy atom. The molecule has 0 radical (unpaired) electrons. The third-order valence-electron chi connectivity index (χ3n) is 5.02. The Morgan fingerprint density at radius 1 is 1.16 bits per heavy atom. The first kappa shape index (κ1) is 21.9. The van der Waals surface area contributed by atoms with Crippen molar-refractivity contribution in [3.8, 4) is 0 Å². The molecule has 0 bridgehead atoms. The van der Waals surface area contributed by atoms with Crippen LogP contribution in [0, 0.1) is 6.92 Å². The van der Waals surface area contributed by atoms with Crippen LogP contribution in [0.25, 0.3) is 11.0 Å². The van der Waals surface area contributed by atoms with Gasteiger partial charge in [0.2, 0.25) is 5.91 Å². The first-order valence-electron chi connectivity index (χ1n) is 9.83. The molecule has 0 fully saturated rings. The number of hydrogen-bond acceptors (Lipinski definition) is 3. The second kappa shape index (κ2) is 9.47. The summed E-state index contributed by atoms with van der Waals surface area (Å²) in [5.41, 5.74) is 4.86. The summed E-state index contributed by atoms with van der Waals surface area (Å²) >= 11 is 11.2. The minimum Gasteiger partial charge on any atom is -0.324 e. The van der Waals surface area contributed by atoms with Crippen LogP contribution in [0.3, 0.4) is 0 Å². The molecule has 0 aliphatic rings. The number of carbonyl (C=O) groups excluding carboxylic acids is 1. The molecule has 4 nitrogen and oxygen atoms in total. The van der Waals surface area contributed by atoms with E-state index >= 15 is 0 Å². The van der Waals surface area contributed by atoms with E-state index in [0.717, 1.165) is 37.5 Å². The number of aryl methyl sites for hydroxylation is 1. The molecule has 0 spiro atoms. The Morgan fingerprint density at radius 3 is 2.68 bits per heavy atom. The molecule has 1 atom stereocenters. The van der Waals surface area contributed by atoms with E-state index in [2.05, 4.69) is 44.9 Å². The molecule has 1 aromatic heterocycles. The first-order valence-corrected chi connectivity index (χ1v) is 12.0. The van der Waals surface area contributed by atoms with Crippen molar-refractivity contribution in [1.29, 1.82) is 0 Å². The van der Waals surface area contributed by atoms with Crippen molar-refractivity contribution in [2.75, 3.05) is 11.1 Å². The van der Waals surface area contributed by atoms with Gasteiger partial charge in [-0.2, -0.15) is 0 Å². The van der Waals surface area contributed by atoms with Crippen LogP contribution in [0.2, 0.25) is 5.02 Å². The number of anilines is 1. The molecule has 158 valence electrons. The Kier molecular flexibility index (Phi) is 6.70. The van der Waals surface area contributed by atoms with Gasteiger partial charge in [-0.3, -0.25) is 4.79 Å². The fourth-order valence-electron chi connectivity index (χ4n) is 3.44. The summed E-state index contributed by atoms with van der Waals surface area (Å²) in [5.74, 6) is 0.164. The molecule has 0 saturated heterocycles. The van der Waals surface area contributed by atoms with Crippen LogP contribution in [-0.4, -0.2) is 21.2 Å². The maximum absolute atomic E-state index is 12.6. The topological polar surface area (TPSA) is 46.9 Å². The van der Waals surface area contributed by atoms with Gasteiger partial charge in [-0.15, -0.1) is 0 Å².